The lowest BCUT2D eigenvalue weighted by molar-refractivity contribution is 0.538. The van der Waals surface area contributed by atoms with Gasteiger partial charge in [-0.1, -0.05) is 0 Å². The van der Waals surface area contributed by atoms with Crippen molar-refractivity contribution in [1.29, 1.82) is 0 Å². The van der Waals surface area contributed by atoms with E-state index in [9.17, 15) is 0 Å². The van der Waals surface area contributed by atoms with Gasteiger partial charge in [-0.15, -0.1) is 0 Å². The first-order chi connectivity index (χ1) is 7.08. The van der Waals surface area contributed by atoms with Crippen molar-refractivity contribution < 1.29 is 0 Å². The standard InChI is InChI=1S/C10H18N4S/c1-8(2)12-10(15)13-9(3)6-14-5-4-11-7-14/h4-5,7-9H,6H2,1-3H3,(H2,12,13,15). The number of rotatable bonds is 4. The van der Waals surface area contributed by atoms with Crippen molar-refractivity contribution in [2.75, 3.05) is 0 Å². The summed E-state index contributed by atoms with van der Waals surface area (Å²) in [6.07, 6.45) is 5.52. The second-order valence-electron chi connectivity index (χ2n) is 3.93. The van der Waals surface area contributed by atoms with Gasteiger partial charge >= 0.3 is 0 Å². The molecule has 1 heterocycles. The van der Waals surface area contributed by atoms with Crippen LogP contribution in [0.15, 0.2) is 18.7 Å². The van der Waals surface area contributed by atoms with E-state index in [0.717, 1.165) is 6.54 Å². The van der Waals surface area contributed by atoms with E-state index < -0.39 is 0 Å². The normalized spacial score (nSPS) is 12.5. The maximum atomic E-state index is 5.16. The minimum Gasteiger partial charge on any atom is -0.361 e. The van der Waals surface area contributed by atoms with Gasteiger partial charge in [-0.25, -0.2) is 4.98 Å². The van der Waals surface area contributed by atoms with Crippen molar-refractivity contribution in [2.24, 2.45) is 0 Å². The van der Waals surface area contributed by atoms with E-state index in [0.29, 0.717) is 11.2 Å². The molecule has 1 rings (SSSR count). The van der Waals surface area contributed by atoms with Crippen LogP contribution in [-0.4, -0.2) is 26.7 Å². The molecule has 0 aliphatic rings. The smallest absolute Gasteiger partial charge is 0.166 e. The van der Waals surface area contributed by atoms with E-state index in [2.05, 4.69) is 36.4 Å². The fourth-order valence-corrected chi connectivity index (χ4v) is 1.72. The molecule has 5 heteroatoms. The molecule has 84 valence electrons. The molecule has 0 spiro atoms. The van der Waals surface area contributed by atoms with E-state index >= 15 is 0 Å². The summed E-state index contributed by atoms with van der Waals surface area (Å²) in [5.41, 5.74) is 0. The summed E-state index contributed by atoms with van der Waals surface area (Å²) in [5, 5.41) is 7.08. The molecule has 15 heavy (non-hydrogen) atoms. The molecule has 0 bridgehead atoms. The van der Waals surface area contributed by atoms with Gasteiger partial charge in [-0.2, -0.15) is 0 Å². The summed E-state index contributed by atoms with van der Waals surface area (Å²) in [7, 11) is 0. The van der Waals surface area contributed by atoms with E-state index in [1.165, 1.54) is 0 Å². The highest BCUT2D eigenvalue weighted by Gasteiger charge is 2.05. The zero-order valence-corrected chi connectivity index (χ0v) is 10.2. The van der Waals surface area contributed by atoms with E-state index in [1.54, 1.807) is 12.5 Å². The SMILES string of the molecule is CC(C)NC(=S)NC(C)Cn1ccnc1. The Morgan fingerprint density at radius 3 is 2.67 bits per heavy atom. The topological polar surface area (TPSA) is 41.9 Å². The molecule has 0 aliphatic heterocycles. The highest BCUT2D eigenvalue weighted by molar-refractivity contribution is 7.80. The molecule has 0 saturated heterocycles. The lowest BCUT2D eigenvalue weighted by Crippen LogP contribution is -2.44. The number of nitrogens with one attached hydrogen (secondary N) is 2. The Balaban J connectivity index is 2.29. The van der Waals surface area contributed by atoms with Crippen LogP contribution in [0.3, 0.4) is 0 Å². The molecule has 4 nitrogen and oxygen atoms in total. The first-order valence-electron chi connectivity index (χ1n) is 5.10. The third-order valence-electron chi connectivity index (χ3n) is 1.84. The number of hydrogen-bond acceptors (Lipinski definition) is 2. The van der Waals surface area contributed by atoms with Crippen LogP contribution in [0, 0.1) is 0 Å². The van der Waals surface area contributed by atoms with Crippen LogP contribution in [0.2, 0.25) is 0 Å². The summed E-state index contributed by atoms with van der Waals surface area (Å²) in [6.45, 7) is 7.08. The van der Waals surface area contributed by atoms with Gasteiger partial charge in [-0.05, 0) is 33.0 Å². The fourth-order valence-electron chi connectivity index (χ4n) is 1.28. The molecule has 1 atom stereocenters. The molecule has 0 aliphatic carbocycles. The molecule has 1 unspecified atom stereocenters. The van der Waals surface area contributed by atoms with Crippen molar-refractivity contribution in [3.63, 3.8) is 0 Å². The maximum absolute atomic E-state index is 5.16. The number of hydrogen-bond donors (Lipinski definition) is 2. The van der Waals surface area contributed by atoms with Crippen LogP contribution in [0.4, 0.5) is 0 Å². The molecular formula is C10H18N4S. The molecule has 1 aromatic rings. The van der Waals surface area contributed by atoms with Gasteiger partial charge < -0.3 is 15.2 Å². The molecule has 0 radical (unpaired) electrons. The Morgan fingerprint density at radius 2 is 2.13 bits per heavy atom. The minimum absolute atomic E-state index is 0.290. The maximum Gasteiger partial charge on any atom is 0.166 e. The van der Waals surface area contributed by atoms with Crippen LogP contribution in [0.25, 0.3) is 0 Å². The Hall–Kier alpha value is -1.10. The summed E-state index contributed by atoms with van der Waals surface area (Å²) in [4.78, 5) is 3.99. The highest BCUT2D eigenvalue weighted by atomic mass is 32.1. The van der Waals surface area contributed by atoms with E-state index in [-0.39, 0.29) is 6.04 Å². The van der Waals surface area contributed by atoms with Crippen molar-refractivity contribution in [1.82, 2.24) is 20.2 Å². The van der Waals surface area contributed by atoms with Crippen molar-refractivity contribution >= 4 is 17.3 Å². The zero-order chi connectivity index (χ0) is 11.3. The van der Waals surface area contributed by atoms with Crippen LogP contribution >= 0.6 is 12.2 Å². The molecular weight excluding hydrogens is 208 g/mol. The van der Waals surface area contributed by atoms with Crippen molar-refractivity contribution in [3.8, 4) is 0 Å². The van der Waals surface area contributed by atoms with Gasteiger partial charge in [0.25, 0.3) is 0 Å². The second-order valence-corrected chi connectivity index (χ2v) is 4.34. The predicted octanol–water partition coefficient (Wildman–Crippen LogP) is 1.14. The fraction of sp³-hybridized carbons (Fsp3) is 0.600. The molecule has 0 amide bonds. The van der Waals surface area contributed by atoms with E-state index in [4.69, 9.17) is 12.2 Å². The lowest BCUT2D eigenvalue weighted by Gasteiger charge is -2.18. The Morgan fingerprint density at radius 1 is 1.40 bits per heavy atom. The monoisotopic (exact) mass is 226 g/mol. The lowest BCUT2D eigenvalue weighted by atomic mass is 10.3. The van der Waals surface area contributed by atoms with Gasteiger partial charge in [0.1, 0.15) is 0 Å². The van der Waals surface area contributed by atoms with Gasteiger partial charge in [-0.3, -0.25) is 0 Å². The average Bonchev–Trinajstić information content (AvgIpc) is 2.53. The van der Waals surface area contributed by atoms with Crippen LogP contribution in [-0.2, 0) is 6.54 Å². The zero-order valence-electron chi connectivity index (χ0n) is 9.40. The largest absolute Gasteiger partial charge is 0.361 e. The van der Waals surface area contributed by atoms with Gasteiger partial charge in [0.2, 0.25) is 0 Å². The summed E-state index contributed by atoms with van der Waals surface area (Å²) >= 11 is 5.16. The first kappa shape index (κ1) is 12.0. The molecule has 0 aromatic carbocycles. The average molecular weight is 226 g/mol. The van der Waals surface area contributed by atoms with Gasteiger partial charge in [0, 0.05) is 31.0 Å². The molecule has 2 N–H and O–H groups in total. The summed E-state index contributed by atoms with van der Waals surface area (Å²) < 4.78 is 2.02. The summed E-state index contributed by atoms with van der Waals surface area (Å²) in [6, 6.07) is 0.656. The Labute approximate surface area is 96.1 Å². The third kappa shape index (κ3) is 4.78. The molecule has 1 aromatic heterocycles. The number of imidazole rings is 1. The Kier molecular flexibility index (Phi) is 4.55. The second kappa shape index (κ2) is 5.70. The van der Waals surface area contributed by atoms with Crippen LogP contribution in [0.5, 0.6) is 0 Å². The first-order valence-corrected chi connectivity index (χ1v) is 5.51. The van der Waals surface area contributed by atoms with Gasteiger partial charge in [0.05, 0.1) is 6.33 Å². The Bertz CT molecular complexity index is 294. The number of aromatic nitrogens is 2. The highest BCUT2D eigenvalue weighted by Crippen LogP contribution is 1.91. The predicted molar refractivity (Wildman–Crippen MR) is 65.7 cm³/mol. The van der Waals surface area contributed by atoms with E-state index in [1.807, 2.05) is 10.8 Å². The molecule has 0 saturated carbocycles. The summed E-state index contributed by atoms with van der Waals surface area (Å²) in [5.74, 6) is 0. The van der Waals surface area contributed by atoms with Crippen LogP contribution < -0.4 is 10.6 Å². The number of nitrogens with zero attached hydrogens (tertiary/aromatic N) is 2. The third-order valence-corrected chi connectivity index (χ3v) is 2.08. The quantitative estimate of drug-likeness (QED) is 0.756. The van der Waals surface area contributed by atoms with Crippen molar-refractivity contribution in [2.45, 2.75) is 39.4 Å². The van der Waals surface area contributed by atoms with Gasteiger partial charge in [0.15, 0.2) is 5.11 Å². The minimum atomic E-state index is 0.290. The van der Waals surface area contributed by atoms with Crippen molar-refractivity contribution in [3.05, 3.63) is 18.7 Å². The van der Waals surface area contributed by atoms with Crippen LogP contribution in [0.1, 0.15) is 20.8 Å². The molecule has 0 fully saturated rings. The number of thiocarbonyl (C=S) groups is 1.